The van der Waals surface area contributed by atoms with Crippen LogP contribution in [0.15, 0.2) is 24.3 Å². The van der Waals surface area contributed by atoms with Crippen LogP contribution >= 0.6 is 0 Å². The summed E-state index contributed by atoms with van der Waals surface area (Å²) in [5.74, 6) is 0.269. The molecule has 0 heterocycles. The second kappa shape index (κ2) is 6.80. The molecule has 1 rings (SSSR count). The van der Waals surface area contributed by atoms with Gasteiger partial charge in [0.15, 0.2) is 0 Å². The van der Waals surface area contributed by atoms with E-state index >= 15 is 0 Å². The number of carbonyl (C=O) groups is 1. The number of para-hydroxylation sites is 1. The van der Waals surface area contributed by atoms with E-state index in [0.717, 1.165) is 6.26 Å². The van der Waals surface area contributed by atoms with Crippen molar-refractivity contribution >= 4 is 16.2 Å². The van der Waals surface area contributed by atoms with Crippen molar-refractivity contribution in [2.75, 3.05) is 12.8 Å². The Morgan fingerprint density at radius 1 is 1.24 bits per heavy atom. The Morgan fingerprint density at radius 2 is 1.86 bits per heavy atom. The number of hydrogen-bond acceptors (Lipinski definition) is 5. The molecule has 0 saturated carbocycles. The lowest BCUT2D eigenvalue weighted by molar-refractivity contribution is 0.0528. The van der Waals surface area contributed by atoms with Gasteiger partial charge in [-0.2, -0.15) is 8.42 Å². The average Bonchev–Trinajstić information content (AvgIpc) is 2.27. The Morgan fingerprint density at radius 3 is 2.43 bits per heavy atom. The predicted molar refractivity (Wildman–Crippen MR) is 79.9 cm³/mol. The molecule has 0 unspecified atom stereocenters. The van der Waals surface area contributed by atoms with E-state index < -0.39 is 21.8 Å². The van der Waals surface area contributed by atoms with Crippen molar-refractivity contribution in [2.45, 2.75) is 32.8 Å². The lowest BCUT2D eigenvalue weighted by atomic mass is 10.1. The molecule has 1 N–H and O–H groups in total. The molecule has 0 aliphatic rings. The molecule has 0 atom stereocenters. The van der Waals surface area contributed by atoms with Crippen LogP contribution in [0.5, 0.6) is 5.75 Å². The third-order valence-electron chi connectivity index (χ3n) is 2.28. The molecule has 0 aliphatic carbocycles. The number of ether oxygens (including phenoxy) is 1. The van der Waals surface area contributed by atoms with Gasteiger partial charge in [0.05, 0.1) is 6.26 Å². The SMILES string of the molecule is CC(C)(C)OC(=O)NCCc1ccccc1OS(C)(=O)=O. The zero-order chi connectivity index (χ0) is 16.1. The van der Waals surface area contributed by atoms with Gasteiger partial charge in [-0.15, -0.1) is 0 Å². The van der Waals surface area contributed by atoms with Gasteiger partial charge in [0.1, 0.15) is 11.4 Å². The Hall–Kier alpha value is -1.76. The Labute approximate surface area is 125 Å². The van der Waals surface area contributed by atoms with E-state index in [1.165, 1.54) is 0 Å². The molecule has 118 valence electrons. The quantitative estimate of drug-likeness (QED) is 0.841. The number of carbonyl (C=O) groups excluding carboxylic acids is 1. The number of benzene rings is 1. The molecule has 6 nitrogen and oxygen atoms in total. The summed E-state index contributed by atoms with van der Waals surface area (Å²) >= 11 is 0. The number of rotatable bonds is 5. The van der Waals surface area contributed by atoms with E-state index in [2.05, 4.69) is 5.32 Å². The first-order valence-corrected chi connectivity index (χ1v) is 8.33. The lowest BCUT2D eigenvalue weighted by Crippen LogP contribution is -2.33. The van der Waals surface area contributed by atoms with E-state index in [-0.39, 0.29) is 5.75 Å². The summed E-state index contributed by atoms with van der Waals surface area (Å²) in [6.45, 7) is 5.66. The molecule has 1 amide bonds. The largest absolute Gasteiger partial charge is 0.444 e. The highest BCUT2D eigenvalue weighted by Gasteiger charge is 2.16. The summed E-state index contributed by atoms with van der Waals surface area (Å²) in [5.41, 5.74) is 0.139. The predicted octanol–water partition coefficient (Wildman–Crippen LogP) is 2.09. The van der Waals surface area contributed by atoms with E-state index in [9.17, 15) is 13.2 Å². The van der Waals surface area contributed by atoms with Gasteiger partial charge < -0.3 is 14.2 Å². The molecule has 0 aliphatic heterocycles. The summed E-state index contributed by atoms with van der Waals surface area (Å²) < 4.78 is 32.4. The van der Waals surface area contributed by atoms with Crippen molar-refractivity contribution in [2.24, 2.45) is 0 Å². The molecule has 7 heteroatoms. The Balaban J connectivity index is 2.58. The van der Waals surface area contributed by atoms with E-state index in [1.54, 1.807) is 45.0 Å². The molecule has 0 bridgehead atoms. The summed E-state index contributed by atoms with van der Waals surface area (Å²) in [5, 5.41) is 2.61. The first kappa shape index (κ1) is 17.3. The van der Waals surface area contributed by atoms with Crippen LogP contribution in [0.3, 0.4) is 0 Å². The lowest BCUT2D eigenvalue weighted by Gasteiger charge is -2.19. The minimum absolute atomic E-state index is 0.269. The van der Waals surface area contributed by atoms with E-state index in [4.69, 9.17) is 8.92 Å². The Kier molecular flexibility index (Phi) is 5.60. The fourth-order valence-electron chi connectivity index (χ4n) is 1.57. The first-order chi connectivity index (χ1) is 9.57. The van der Waals surface area contributed by atoms with Crippen LogP contribution in [0.2, 0.25) is 0 Å². The first-order valence-electron chi connectivity index (χ1n) is 6.51. The number of alkyl carbamates (subject to hydrolysis) is 1. The van der Waals surface area contributed by atoms with Crippen molar-refractivity contribution in [3.8, 4) is 5.75 Å². The van der Waals surface area contributed by atoms with E-state index in [0.29, 0.717) is 18.5 Å². The van der Waals surface area contributed by atoms with Gasteiger partial charge in [0.2, 0.25) is 0 Å². The van der Waals surface area contributed by atoms with Crippen LogP contribution in [0.1, 0.15) is 26.3 Å². The van der Waals surface area contributed by atoms with Crippen molar-refractivity contribution in [3.63, 3.8) is 0 Å². The summed E-state index contributed by atoms with van der Waals surface area (Å²) in [6.07, 6.45) is 0.914. The maximum absolute atomic E-state index is 11.5. The van der Waals surface area contributed by atoms with Gasteiger partial charge in [-0.25, -0.2) is 4.79 Å². The van der Waals surface area contributed by atoms with Gasteiger partial charge in [-0.1, -0.05) is 18.2 Å². The van der Waals surface area contributed by atoms with Crippen molar-refractivity contribution in [1.82, 2.24) is 5.32 Å². The highest BCUT2D eigenvalue weighted by Crippen LogP contribution is 2.19. The van der Waals surface area contributed by atoms with Gasteiger partial charge in [0.25, 0.3) is 0 Å². The van der Waals surface area contributed by atoms with Gasteiger partial charge in [-0.3, -0.25) is 0 Å². The second-order valence-electron chi connectivity index (χ2n) is 5.57. The third kappa shape index (κ3) is 7.55. The maximum atomic E-state index is 11.5. The highest BCUT2D eigenvalue weighted by molar-refractivity contribution is 7.86. The van der Waals surface area contributed by atoms with Gasteiger partial charge in [-0.05, 0) is 38.8 Å². The number of hydrogen-bond donors (Lipinski definition) is 1. The molecule has 0 saturated heterocycles. The van der Waals surface area contributed by atoms with Crippen LogP contribution in [0.25, 0.3) is 0 Å². The van der Waals surface area contributed by atoms with Gasteiger partial charge >= 0.3 is 16.2 Å². The highest BCUT2D eigenvalue weighted by atomic mass is 32.2. The van der Waals surface area contributed by atoms with Crippen LogP contribution in [0, 0.1) is 0 Å². The van der Waals surface area contributed by atoms with Crippen LogP contribution < -0.4 is 9.50 Å². The third-order valence-corrected chi connectivity index (χ3v) is 2.76. The van der Waals surface area contributed by atoms with Crippen LogP contribution in [-0.4, -0.2) is 32.9 Å². The summed E-state index contributed by atoms with van der Waals surface area (Å²) in [6, 6.07) is 6.78. The zero-order valence-corrected chi connectivity index (χ0v) is 13.5. The molecule has 0 fully saturated rings. The number of nitrogens with one attached hydrogen (secondary N) is 1. The maximum Gasteiger partial charge on any atom is 0.407 e. The van der Waals surface area contributed by atoms with Crippen molar-refractivity contribution < 1.29 is 22.1 Å². The monoisotopic (exact) mass is 315 g/mol. The number of amides is 1. The Bertz CT molecular complexity index is 590. The molecule has 0 aromatic heterocycles. The van der Waals surface area contributed by atoms with Crippen LogP contribution in [0.4, 0.5) is 4.79 Å². The molecule has 1 aromatic carbocycles. The second-order valence-corrected chi connectivity index (χ2v) is 7.15. The molecule has 21 heavy (non-hydrogen) atoms. The molecule has 1 aromatic rings. The van der Waals surface area contributed by atoms with Crippen molar-refractivity contribution in [1.29, 1.82) is 0 Å². The minimum atomic E-state index is -3.58. The topological polar surface area (TPSA) is 81.7 Å². The van der Waals surface area contributed by atoms with E-state index in [1.807, 2.05) is 0 Å². The average molecular weight is 315 g/mol. The van der Waals surface area contributed by atoms with Crippen LogP contribution in [-0.2, 0) is 21.3 Å². The summed E-state index contributed by atoms with van der Waals surface area (Å²) in [7, 11) is -3.58. The molecule has 0 radical (unpaired) electrons. The van der Waals surface area contributed by atoms with Crippen molar-refractivity contribution in [3.05, 3.63) is 29.8 Å². The fraction of sp³-hybridized carbons (Fsp3) is 0.500. The smallest absolute Gasteiger partial charge is 0.407 e. The minimum Gasteiger partial charge on any atom is -0.444 e. The molecular formula is C14H21NO5S. The van der Waals surface area contributed by atoms with Gasteiger partial charge in [0, 0.05) is 6.54 Å². The summed E-state index contributed by atoms with van der Waals surface area (Å²) in [4.78, 5) is 11.5. The standard InChI is InChI=1S/C14H21NO5S/c1-14(2,3)19-13(16)15-10-9-11-7-5-6-8-12(11)20-21(4,17)18/h5-8H,9-10H2,1-4H3,(H,15,16). The normalized spacial score (nSPS) is 11.8. The molecule has 0 spiro atoms. The zero-order valence-electron chi connectivity index (χ0n) is 12.7. The fourth-order valence-corrected chi connectivity index (χ4v) is 2.06. The molecular weight excluding hydrogens is 294 g/mol.